The van der Waals surface area contributed by atoms with Crippen LogP contribution in [0.5, 0.6) is 0 Å². The maximum atomic E-state index is 11.3. The Morgan fingerprint density at radius 1 is 1.54 bits per heavy atom. The molecule has 0 bridgehead atoms. The zero-order valence-corrected chi connectivity index (χ0v) is 8.84. The van der Waals surface area contributed by atoms with E-state index in [2.05, 4.69) is 21.2 Å². The van der Waals surface area contributed by atoms with Crippen LogP contribution >= 0.6 is 15.9 Å². The van der Waals surface area contributed by atoms with Gasteiger partial charge in [0.15, 0.2) is 5.76 Å². The lowest BCUT2D eigenvalue weighted by atomic mass is 10.3. The second-order valence-corrected chi connectivity index (χ2v) is 3.42. The zero-order valence-electron chi connectivity index (χ0n) is 7.25. The van der Waals surface area contributed by atoms with Gasteiger partial charge < -0.3 is 9.73 Å². The number of furan rings is 1. The van der Waals surface area contributed by atoms with Gasteiger partial charge in [0.25, 0.3) is 5.91 Å². The minimum atomic E-state index is -0.139. The zero-order chi connectivity index (χ0) is 9.52. The lowest BCUT2D eigenvalue weighted by molar-refractivity contribution is 0.0925. The van der Waals surface area contributed by atoms with Crippen LogP contribution in [0.2, 0.25) is 0 Å². The number of unbranched alkanes of at least 4 members (excludes halogenated alkanes) is 1. The number of carbonyl (C=O) groups excluding carboxylic acids is 1. The molecular weight excluding hydrogens is 234 g/mol. The topological polar surface area (TPSA) is 42.2 Å². The molecule has 0 saturated carbocycles. The van der Waals surface area contributed by atoms with E-state index in [1.54, 1.807) is 12.1 Å². The quantitative estimate of drug-likeness (QED) is 0.639. The van der Waals surface area contributed by atoms with E-state index >= 15 is 0 Å². The molecule has 0 radical (unpaired) electrons. The van der Waals surface area contributed by atoms with Crippen LogP contribution in [0.15, 0.2) is 22.8 Å². The fourth-order valence-electron chi connectivity index (χ4n) is 0.916. The number of halogens is 1. The monoisotopic (exact) mass is 245 g/mol. The molecule has 72 valence electrons. The van der Waals surface area contributed by atoms with Crippen LogP contribution in [0, 0.1) is 0 Å². The van der Waals surface area contributed by atoms with Crippen molar-refractivity contribution in [2.45, 2.75) is 12.8 Å². The van der Waals surface area contributed by atoms with E-state index in [0.29, 0.717) is 12.3 Å². The van der Waals surface area contributed by atoms with Crippen LogP contribution in [-0.4, -0.2) is 17.8 Å². The molecule has 0 aliphatic carbocycles. The Balaban J connectivity index is 2.19. The molecular formula is C9H12BrNO2. The van der Waals surface area contributed by atoms with Gasteiger partial charge in [-0.1, -0.05) is 15.9 Å². The van der Waals surface area contributed by atoms with Crippen LogP contribution in [0.25, 0.3) is 0 Å². The van der Waals surface area contributed by atoms with Crippen LogP contribution in [0.1, 0.15) is 23.4 Å². The first-order valence-corrected chi connectivity index (χ1v) is 5.34. The summed E-state index contributed by atoms with van der Waals surface area (Å²) in [4.78, 5) is 11.3. The van der Waals surface area contributed by atoms with Gasteiger partial charge in [-0.15, -0.1) is 0 Å². The van der Waals surface area contributed by atoms with Gasteiger partial charge in [-0.25, -0.2) is 0 Å². The SMILES string of the molecule is O=C(NCCCCBr)c1ccco1. The minimum Gasteiger partial charge on any atom is -0.459 e. The van der Waals surface area contributed by atoms with E-state index in [-0.39, 0.29) is 5.91 Å². The lowest BCUT2D eigenvalue weighted by Crippen LogP contribution is -2.23. The number of amides is 1. The molecule has 0 fully saturated rings. The van der Waals surface area contributed by atoms with Crippen LogP contribution < -0.4 is 5.32 Å². The van der Waals surface area contributed by atoms with Crippen molar-refractivity contribution < 1.29 is 9.21 Å². The molecule has 0 spiro atoms. The minimum absolute atomic E-state index is 0.139. The van der Waals surface area contributed by atoms with E-state index in [1.165, 1.54) is 6.26 Å². The highest BCUT2D eigenvalue weighted by molar-refractivity contribution is 9.09. The molecule has 0 aromatic carbocycles. The molecule has 3 nitrogen and oxygen atoms in total. The first-order chi connectivity index (χ1) is 6.34. The number of hydrogen-bond acceptors (Lipinski definition) is 2. The lowest BCUT2D eigenvalue weighted by Gasteiger charge is -2.00. The summed E-state index contributed by atoms with van der Waals surface area (Å²) in [5.41, 5.74) is 0. The van der Waals surface area contributed by atoms with Crippen molar-refractivity contribution >= 4 is 21.8 Å². The summed E-state index contributed by atoms with van der Waals surface area (Å²) < 4.78 is 4.93. The predicted molar refractivity (Wildman–Crippen MR) is 54.1 cm³/mol. The van der Waals surface area contributed by atoms with Crippen LogP contribution in [-0.2, 0) is 0 Å². The Morgan fingerprint density at radius 2 is 2.38 bits per heavy atom. The molecule has 1 aromatic heterocycles. The fraction of sp³-hybridized carbons (Fsp3) is 0.444. The Morgan fingerprint density at radius 3 is 3.00 bits per heavy atom. The highest BCUT2D eigenvalue weighted by Gasteiger charge is 2.05. The standard InChI is InChI=1S/C9H12BrNO2/c10-5-1-2-6-11-9(12)8-4-3-7-13-8/h3-4,7H,1-2,5-6H2,(H,11,12). The predicted octanol–water partition coefficient (Wildman–Crippen LogP) is 2.18. The maximum absolute atomic E-state index is 11.3. The molecule has 1 amide bonds. The van der Waals surface area contributed by atoms with Gasteiger partial charge in [0.1, 0.15) is 0 Å². The average molecular weight is 246 g/mol. The number of rotatable bonds is 5. The fourth-order valence-corrected chi connectivity index (χ4v) is 1.31. The van der Waals surface area contributed by atoms with Crippen molar-refractivity contribution in [2.75, 3.05) is 11.9 Å². The molecule has 1 rings (SSSR count). The summed E-state index contributed by atoms with van der Waals surface area (Å²) in [5.74, 6) is 0.235. The summed E-state index contributed by atoms with van der Waals surface area (Å²) in [5, 5.41) is 3.74. The van der Waals surface area contributed by atoms with Gasteiger partial charge in [0.05, 0.1) is 6.26 Å². The third kappa shape index (κ3) is 3.63. The number of carbonyl (C=O) groups is 1. The van der Waals surface area contributed by atoms with Gasteiger partial charge >= 0.3 is 0 Å². The summed E-state index contributed by atoms with van der Waals surface area (Å²) in [6, 6.07) is 3.35. The Labute approximate surface area is 85.6 Å². The third-order valence-electron chi connectivity index (χ3n) is 1.59. The maximum Gasteiger partial charge on any atom is 0.286 e. The van der Waals surface area contributed by atoms with Gasteiger partial charge in [-0.2, -0.15) is 0 Å². The van der Waals surface area contributed by atoms with E-state index in [9.17, 15) is 4.79 Å². The highest BCUT2D eigenvalue weighted by atomic mass is 79.9. The smallest absolute Gasteiger partial charge is 0.286 e. The van der Waals surface area contributed by atoms with Crippen molar-refractivity contribution in [1.29, 1.82) is 0 Å². The van der Waals surface area contributed by atoms with Crippen molar-refractivity contribution in [3.63, 3.8) is 0 Å². The molecule has 0 aliphatic rings. The largest absolute Gasteiger partial charge is 0.459 e. The molecule has 0 saturated heterocycles. The molecule has 1 N–H and O–H groups in total. The summed E-state index contributed by atoms with van der Waals surface area (Å²) in [7, 11) is 0. The number of hydrogen-bond donors (Lipinski definition) is 1. The van der Waals surface area contributed by atoms with Crippen molar-refractivity contribution in [3.05, 3.63) is 24.2 Å². The van der Waals surface area contributed by atoms with Gasteiger partial charge in [-0.3, -0.25) is 4.79 Å². The average Bonchev–Trinajstić information content (AvgIpc) is 2.65. The van der Waals surface area contributed by atoms with E-state index < -0.39 is 0 Å². The first kappa shape index (κ1) is 10.3. The van der Waals surface area contributed by atoms with Gasteiger partial charge in [0, 0.05) is 11.9 Å². The molecule has 1 heterocycles. The Bertz CT molecular complexity index is 246. The van der Waals surface area contributed by atoms with Crippen LogP contribution in [0.3, 0.4) is 0 Å². The van der Waals surface area contributed by atoms with Gasteiger partial charge in [-0.05, 0) is 25.0 Å². The normalized spacial score (nSPS) is 9.92. The summed E-state index contributed by atoms with van der Waals surface area (Å²) in [6.07, 6.45) is 3.55. The Hall–Kier alpha value is -0.770. The Kier molecular flexibility index (Phi) is 4.60. The van der Waals surface area contributed by atoms with Crippen molar-refractivity contribution in [1.82, 2.24) is 5.32 Å². The summed E-state index contributed by atoms with van der Waals surface area (Å²) in [6.45, 7) is 0.700. The third-order valence-corrected chi connectivity index (χ3v) is 2.15. The molecule has 0 atom stereocenters. The number of alkyl halides is 1. The summed E-state index contributed by atoms with van der Waals surface area (Å²) >= 11 is 3.32. The molecule has 13 heavy (non-hydrogen) atoms. The molecule has 4 heteroatoms. The number of nitrogens with one attached hydrogen (secondary N) is 1. The van der Waals surface area contributed by atoms with E-state index in [0.717, 1.165) is 18.2 Å². The van der Waals surface area contributed by atoms with Crippen LogP contribution in [0.4, 0.5) is 0 Å². The van der Waals surface area contributed by atoms with Gasteiger partial charge in [0.2, 0.25) is 0 Å². The molecule has 0 aliphatic heterocycles. The van der Waals surface area contributed by atoms with Crippen molar-refractivity contribution in [2.24, 2.45) is 0 Å². The molecule has 0 unspecified atom stereocenters. The highest BCUT2D eigenvalue weighted by Crippen LogP contribution is 1.99. The molecule has 1 aromatic rings. The second-order valence-electron chi connectivity index (χ2n) is 2.63. The second kappa shape index (κ2) is 5.80. The van der Waals surface area contributed by atoms with Crippen molar-refractivity contribution in [3.8, 4) is 0 Å². The van der Waals surface area contributed by atoms with E-state index in [4.69, 9.17) is 4.42 Å². The first-order valence-electron chi connectivity index (χ1n) is 4.22. The van der Waals surface area contributed by atoms with E-state index in [1.807, 2.05) is 0 Å².